The molecule has 2 aromatic heterocycles. The van der Waals surface area contributed by atoms with Crippen LogP contribution < -0.4 is 11.2 Å². The highest BCUT2D eigenvalue weighted by Crippen LogP contribution is 2.76. The van der Waals surface area contributed by atoms with Crippen LogP contribution in [0.2, 0.25) is 0 Å². The third-order valence-corrected chi connectivity index (χ3v) is 22.5. The van der Waals surface area contributed by atoms with E-state index in [0.29, 0.717) is 24.1 Å². The Bertz CT molecular complexity index is 3590. The lowest BCUT2D eigenvalue weighted by atomic mass is 9.33. The number of carbonyl (C=O) groups is 2. The first-order chi connectivity index (χ1) is 42.8. The molecule has 0 spiro atoms. The number of ether oxygens (including phenoxy) is 7. The van der Waals surface area contributed by atoms with E-state index in [-0.39, 0.29) is 91.2 Å². The maximum absolute atomic E-state index is 14.5. The van der Waals surface area contributed by atoms with E-state index in [1.165, 1.54) is 27.0 Å². The SMILES string of the molecule is CC1(C)CC[C@]2(C(=O)OCc3ccccc3)CC[C@]3(C)C(=CCC4[C@@]5(C)CC[C@H](OC(=O)OCCn6cc(COC[C@H]7O[C@@H](n8ccc(=O)n(Cc9ccccc9)c8=O)C(OCc8ccccc8)C7OCc7ccccc7)nn6)C(C)(C)C5CC[C@]43C)[C@@H]2C1. The molecule has 472 valence electrons. The van der Waals surface area contributed by atoms with E-state index in [1.807, 2.05) is 121 Å². The van der Waals surface area contributed by atoms with Crippen LogP contribution in [0, 0.1) is 50.2 Å². The Morgan fingerprint density at radius 3 is 1.97 bits per heavy atom. The van der Waals surface area contributed by atoms with Gasteiger partial charge in [-0.25, -0.2) is 14.3 Å². The van der Waals surface area contributed by atoms with E-state index < -0.39 is 47.4 Å². The molecule has 12 rings (SSSR count). The minimum absolute atomic E-state index is 0.0101. The van der Waals surface area contributed by atoms with Crippen molar-refractivity contribution in [2.45, 2.75) is 183 Å². The van der Waals surface area contributed by atoms with Crippen LogP contribution in [-0.2, 0) is 77.5 Å². The fraction of sp³-hybridized carbons (Fsp3) is 0.534. The van der Waals surface area contributed by atoms with E-state index in [1.54, 1.807) is 10.9 Å². The highest BCUT2D eigenvalue weighted by atomic mass is 16.7. The number of hydrogen-bond acceptors (Lipinski definition) is 13. The van der Waals surface area contributed by atoms with E-state index in [0.717, 1.165) is 86.5 Å². The summed E-state index contributed by atoms with van der Waals surface area (Å²) < 4.78 is 49.0. The topological polar surface area (TPSA) is 173 Å². The molecule has 5 aliphatic carbocycles. The van der Waals surface area contributed by atoms with Gasteiger partial charge in [0.05, 0.1) is 51.1 Å². The van der Waals surface area contributed by atoms with Crippen LogP contribution in [0.15, 0.2) is 161 Å². The maximum atomic E-state index is 14.5. The largest absolute Gasteiger partial charge is 0.508 e. The highest BCUT2D eigenvalue weighted by molar-refractivity contribution is 5.79. The van der Waals surface area contributed by atoms with Gasteiger partial charge in [-0.3, -0.25) is 18.7 Å². The quantitative estimate of drug-likeness (QED) is 0.0522. The summed E-state index contributed by atoms with van der Waals surface area (Å²) >= 11 is 0. The number of carbonyl (C=O) groups excluding carboxylic acids is 2. The molecule has 1 saturated heterocycles. The molecular formula is C73H89N5O11. The first kappa shape index (κ1) is 62.2. The molecule has 4 saturated carbocycles. The Morgan fingerprint density at radius 1 is 0.663 bits per heavy atom. The van der Waals surface area contributed by atoms with E-state index in [4.69, 9.17) is 33.2 Å². The molecule has 6 aliphatic rings. The van der Waals surface area contributed by atoms with Gasteiger partial charge in [0.15, 0.2) is 6.23 Å². The van der Waals surface area contributed by atoms with E-state index >= 15 is 0 Å². The molecule has 4 aromatic carbocycles. The lowest BCUT2D eigenvalue weighted by Gasteiger charge is -2.71. The van der Waals surface area contributed by atoms with Crippen molar-refractivity contribution in [3.8, 4) is 0 Å². The van der Waals surface area contributed by atoms with Crippen molar-refractivity contribution >= 4 is 12.1 Å². The van der Waals surface area contributed by atoms with Crippen molar-refractivity contribution in [2.24, 2.45) is 50.2 Å². The van der Waals surface area contributed by atoms with Gasteiger partial charge in [0.1, 0.15) is 43.3 Å². The molecule has 4 unspecified atom stereocenters. The molecule has 0 N–H and O–H groups in total. The predicted molar refractivity (Wildman–Crippen MR) is 336 cm³/mol. The van der Waals surface area contributed by atoms with Gasteiger partial charge < -0.3 is 33.2 Å². The van der Waals surface area contributed by atoms with Crippen molar-refractivity contribution in [1.82, 2.24) is 24.1 Å². The monoisotopic (exact) mass is 1210 g/mol. The number of allylic oxidation sites excluding steroid dienone is 2. The van der Waals surface area contributed by atoms with Crippen molar-refractivity contribution < 1.29 is 42.7 Å². The minimum atomic E-state index is -0.980. The zero-order chi connectivity index (χ0) is 62.2. The number of esters is 1. The summed E-state index contributed by atoms with van der Waals surface area (Å²) in [5, 5.41) is 8.68. The fourth-order valence-corrected chi connectivity index (χ4v) is 17.4. The highest BCUT2D eigenvalue weighted by Gasteiger charge is 2.70. The van der Waals surface area contributed by atoms with Crippen molar-refractivity contribution in [1.29, 1.82) is 0 Å². The summed E-state index contributed by atoms with van der Waals surface area (Å²) in [6.07, 6.45) is 11.2. The third-order valence-electron chi connectivity index (χ3n) is 22.5. The zero-order valence-electron chi connectivity index (χ0n) is 52.9. The van der Waals surface area contributed by atoms with Crippen LogP contribution in [0.1, 0.15) is 147 Å². The Labute approximate surface area is 523 Å². The van der Waals surface area contributed by atoms with Crippen LogP contribution in [0.5, 0.6) is 0 Å². The molecule has 3 heterocycles. The first-order valence-electron chi connectivity index (χ1n) is 32.3. The van der Waals surface area contributed by atoms with Crippen LogP contribution in [0.3, 0.4) is 0 Å². The molecular weight excluding hydrogens is 1120 g/mol. The Balaban J connectivity index is 0.670. The lowest BCUT2D eigenvalue weighted by molar-refractivity contribution is -0.208. The summed E-state index contributed by atoms with van der Waals surface area (Å²) in [7, 11) is 0. The first-order valence-corrected chi connectivity index (χ1v) is 32.3. The Hall–Kier alpha value is -6.98. The minimum Gasteiger partial charge on any atom is -0.460 e. The zero-order valence-corrected chi connectivity index (χ0v) is 52.9. The third kappa shape index (κ3) is 12.3. The smallest absolute Gasteiger partial charge is 0.460 e. The second-order valence-electron chi connectivity index (χ2n) is 28.5. The summed E-state index contributed by atoms with van der Waals surface area (Å²) in [6.45, 7) is 18.3. The average Bonchev–Trinajstić information content (AvgIpc) is 1.07. The van der Waals surface area contributed by atoms with Gasteiger partial charge in [0.2, 0.25) is 0 Å². The van der Waals surface area contributed by atoms with Crippen molar-refractivity contribution in [2.75, 3.05) is 13.2 Å². The van der Waals surface area contributed by atoms with Gasteiger partial charge in [-0.15, -0.1) is 5.10 Å². The fourth-order valence-electron chi connectivity index (χ4n) is 17.4. The summed E-state index contributed by atoms with van der Waals surface area (Å²) in [4.78, 5) is 55.8. The van der Waals surface area contributed by atoms with Crippen LogP contribution in [0.25, 0.3) is 0 Å². The Morgan fingerprint density at radius 2 is 1.29 bits per heavy atom. The van der Waals surface area contributed by atoms with Gasteiger partial charge in [0.25, 0.3) is 5.56 Å². The molecule has 16 nitrogen and oxygen atoms in total. The number of benzene rings is 4. The summed E-state index contributed by atoms with van der Waals surface area (Å²) in [6, 6.07) is 40.4. The normalized spacial score (nSPS) is 30.8. The van der Waals surface area contributed by atoms with E-state index in [2.05, 4.69) is 64.9 Å². The maximum Gasteiger partial charge on any atom is 0.508 e. The van der Waals surface area contributed by atoms with Gasteiger partial charge in [-0.05, 0) is 126 Å². The molecule has 1 aliphatic heterocycles. The van der Waals surface area contributed by atoms with Gasteiger partial charge >= 0.3 is 17.8 Å². The second kappa shape index (κ2) is 25.4. The van der Waals surface area contributed by atoms with E-state index in [9.17, 15) is 19.2 Å². The standard InChI is InChI=1S/C73H89N5O11/c1-68(2)35-37-73(65(80)87-47-53-26-18-11-19-27-53)38-36-71(6)55(56(73)42-68)28-29-59-70(5)33-31-60(69(3,4)58(70)30-34-72(59,71)7)89-67(82)84-41-40-76-44-54(74-75-76)48-83-49-57-62(85-45-51-22-14-9-15-23-51)63(86-46-52-24-16-10-17-25-52)64(88-57)77-39-32-61(79)78(66(77)81)43-50-20-12-8-13-21-50/h8-28,32,39,44,56-60,62-64H,29-31,33-38,40-43,45-49H2,1-7H3/t56-,57+,58?,59?,60-,62?,63?,64+,70-,71+,72+,73-/m0/s1. The van der Waals surface area contributed by atoms with Crippen LogP contribution >= 0.6 is 0 Å². The number of rotatable bonds is 20. The predicted octanol–water partition coefficient (Wildman–Crippen LogP) is 13.0. The molecule has 5 fully saturated rings. The molecule has 0 amide bonds. The number of aromatic nitrogens is 5. The summed E-state index contributed by atoms with van der Waals surface area (Å²) in [5.74, 6) is 0.929. The molecule has 16 heteroatoms. The second-order valence-corrected chi connectivity index (χ2v) is 28.5. The lowest BCUT2D eigenvalue weighted by Crippen LogP contribution is -2.65. The van der Waals surface area contributed by atoms with Gasteiger partial charge in [-0.1, -0.05) is 187 Å². The van der Waals surface area contributed by atoms with Gasteiger partial charge in [0, 0.05) is 17.7 Å². The van der Waals surface area contributed by atoms with Crippen LogP contribution in [-0.4, -0.2) is 73.9 Å². The van der Waals surface area contributed by atoms with Crippen molar-refractivity contribution in [3.05, 3.63) is 200 Å². The molecule has 6 aromatic rings. The molecule has 89 heavy (non-hydrogen) atoms. The average molecular weight is 1210 g/mol. The molecule has 0 radical (unpaired) electrons. The summed E-state index contributed by atoms with van der Waals surface area (Å²) in [5.41, 5.74) is 4.16. The number of hydrogen-bond donors (Lipinski definition) is 0. The number of nitrogens with zero attached hydrogens (tertiary/aromatic N) is 5. The van der Waals surface area contributed by atoms with Gasteiger partial charge in [-0.2, -0.15) is 0 Å². The van der Waals surface area contributed by atoms with Crippen LogP contribution in [0.4, 0.5) is 4.79 Å². The molecule has 0 bridgehead atoms. The Kier molecular flexibility index (Phi) is 17.7. The molecule has 12 atom stereocenters. The number of fused-ring (bicyclic) bond motifs is 7. The van der Waals surface area contributed by atoms with Crippen molar-refractivity contribution in [3.63, 3.8) is 0 Å².